The second-order valence-corrected chi connectivity index (χ2v) is 11.4. The number of carbonyl (C=O) groups excluding carboxylic acids is 2. The number of rotatable bonds is 11. The van der Waals surface area contributed by atoms with Gasteiger partial charge in [0.2, 0.25) is 11.8 Å². The van der Waals surface area contributed by atoms with Gasteiger partial charge < -0.3 is 19.5 Å². The first-order valence-corrected chi connectivity index (χ1v) is 15.0. The van der Waals surface area contributed by atoms with Gasteiger partial charge in [0.1, 0.15) is 18.1 Å². The normalized spacial score (nSPS) is 24.5. The molecule has 2 N–H and O–H groups in total. The minimum absolute atomic E-state index is 0.0993. The van der Waals surface area contributed by atoms with Crippen LogP contribution in [-0.2, 0) is 14.2 Å². The maximum absolute atomic E-state index is 13.6. The zero-order valence-electron chi connectivity index (χ0n) is 24.0. The Bertz CT molecular complexity index is 1290. The number of nitrogens with zero attached hydrogens (tertiary/aromatic N) is 1. The number of allylic oxidation sites excluding steroid dienone is 1. The van der Waals surface area contributed by atoms with Crippen LogP contribution in [-0.4, -0.2) is 53.2 Å². The molecule has 5 rings (SSSR count). The molecule has 2 saturated heterocycles. The number of phenols is 1. The first-order valence-electron chi connectivity index (χ1n) is 15.0. The average molecular weight is 557 g/mol. The minimum atomic E-state index is -0.998. The van der Waals surface area contributed by atoms with E-state index in [9.17, 15) is 19.7 Å². The highest BCUT2D eigenvalue weighted by molar-refractivity contribution is 6.43. The van der Waals surface area contributed by atoms with Crippen molar-refractivity contribution >= 4 is 25.0 Å². The fourth-order valence-corrected chi connectivity index (χ4v) is 6.81. The number of likely N-dealkylation sites (tertiary alicyclic amines) is 1. The maximum atomic E-state index is 13.6. The van der Waals surface area contributed by atoms with E-state index in [1.165, 1.54) is 10.5 Å². The molecule has 41 heavy (non-hydrogen) atoms. The van der Waals surface area contributed by atoms with Crippen LogP contribution in [0.3, 0.4) is 0 Å². The second kappa shape index (κ2) is 13.1. The van der Waals surface area contributed by atoms with E-state index in [1.54, 1.807) is 12.1 Å². The van der Waals surface area contributed by atoms with E-state index in [1.807, 2.05) is 49.4 Å². The predicted molar refractivity (Wildman–Crippen MR) is 159 cm³/mol. The number of para-hydroxylation sites is 1. The van der Waals surface area contributed by atoms with E-state index in [0.717, 1.165) is 41.7 Å². The highest BCUT2D eigenvalue weighted by Gasteiger charge is 2.57. The number of hydrogen-bond donors (Lipinski definition) is 2. The summed E-state index contributed by atoms with van der Waals surface area (Å²) in [5.41, 5.74) is 4.33. The Morgan fingerprint density at radius 2 is 1.78 bits per heavy atom. The lowest BCUT2D eigenvalue weighted by Crippen LogP contribution is -2.46. The monoisotopic (exact) mass is 557 g/mol. The zero-order valence-corrected chi connectivity index (χ0v) is 24.0. The Labute approximate surface area is 243 Å². The Kier molecular flexibility index (Phi) is 9.30. The number of amides is 2. The van der Waals surface area contributed by atoms with Crippen LogP contribution in [0.25, 0.3) is 6.08 Å². The lowest BCUT2D eigenvalue weighted by atomic mass is 9.58. The molecule has 4 atom stereocenters. The van der Waals surface area contributed by atoms with Gasteiger partial charge >= 0.3 is 7.12 Å². The van der Waals surface area contributed by atoms with E-state index < -0.39 is 19.0 Å². The number of carbonyl (C=O) groups is 2. The Hall–Kier alpha value is -3.36. The van der Waals surface area contributed by atoms with Gasteiger partial charge in [-0.2, -0.15) is 0 Å². The summed E-state index contributed by atoms with van der Waals surface area (Å²) in [6, 6.07) is 16.8. The molecule has 2 aromatic carbocycles. The third kappa shape index (κ3) is 6.44. The van der Waals surface area contributed by atoms with Gasteiger partial charge in [0.25, 0.3) is 0 Å². The van der Waals surface area contributed by atoms with Crippen LogP contribution < -0.4 is 4.74 Å². The second-order valence-electron chi connectivity index (χ2n) is 11.4. The van der Waals surface area contributed by atoms with Crippen LogP contribution in [0.4, 0.5) is 0 Å². The van der Waals surface area contributed by atoms with Crippen molar-refractivity contribution in [3.63, 3.8) is 0 Å². The van der Waals surface area contributed by atoms with Crippen molar-refractivity contribution in [1.29, 1.82) is 0 Å². The topological polar surface area (TPSA) is 96.3 Å². The summed E-state index contributed by atoms with van der Waals surface area (Å²) in [5, 5.41) is 20.5. The van der Waals surface area contributed by atoms with Gasteiger partial charge in [0.05, 0.1) is 17.9 Å². The van der Waals surface area contributed by atoms with E-state index in [2.05, 4.69) is 13.0 Å². The number of fused-ring (bicyclic) bond motifs is 3. The van der Waals surface area contributed by atoms with Crippen LogP contribution in [0.5, 0.6) is 11.5 Å². The number of phenolic OH excluding ortho intramolecular Hbond substituents is 1. The summed E-state index contributed by atoms with van der Waals surface area (Å²) < 4.78 is 12.4. The summed E-state index contributed by atoms with van der Waals surface area (Å²) in [6.45, 7) is 4.86. The summed E-state index contributed by atoms with van der Waals surface area (Å²) in [4.78, 5) is 28.4. The lowest BCUT2D eigenvalue weighted by molar-refractivity contribution is -0.140. The smallest absolute Gasteiger partial charge is 0.455 e. The first kappa shape index (κ1) is 29.1. The van der Waals surface area contributed by atoms with Gasteiger partial charge in [0.15, 0.2) is 0 Å². The van der Waals surface area contributed by atoms with Crippen LogP contribution in [0, 0.1) is 17.8 Å². The number of benzene rings is 2. The van der Waals surface area contributed by atoms with Gasteiger partial charge in [-0.1, -0.05) is 62.2 Å². The molecule has 2 amide bonds. The molecule has 3 aliphatic rings. The van der Waals surface area contributed by atoms with Crippen LogP contribution in [0.15, 0.2) is 71.3 Å². The zero-order chi connectivity index (χ0) is 28.9. The van der Waals surface area contributed by atoms with Crippen molar-refractivity contribution in [2.45, 2.75) is 64.8 Å². The van der Waals surface area contributed by atoms with Gasteiger partial charge in [-0.25, -0.2) is 0 Å². The highest BCUT2D eigenvalue weighted by Crippen LogP contribution is 2.50. The fourth-order valence-electron chi connectivity index (χ4n) is 6.81. The lowest BCUT2D eigenvalue weighted by Gasteiger charge is -2.43. The fraction of sp³-hybridized carbons (Fsp3) is 0.455. The number of hydrogen-bond acceptors (Lipinski definition) is 6. The number of ether oxygens (including phenoxy) is 1. The number of imide groups is 1. The third-order valence-corrected chi connectivity index (χ3v) is 8.57. The van der Waals surface area contributed by atoms with E-state index >= 15 is 0 Å². The summed E-state index contributed by atoms with van der Waals surface area (Å²) in [5.74, 6) is -0.375. The van der Waals surface area contributed by atoms with Crippen molar-refractivity contribution < 1.29 is 29.1 Å². The molecule has 0 aromatic heterocycles. The Balaban J connectivity index is 1.45. The van der Waals surface area contributed by atoms with Gasteiger partial charge in [-0.05, 0) is 85.3 Å². The molecule has 0 bridgehead atoms. The standard InChI is InChI=1S/C33H40BNO6/c1-3-8-22(18-23-11-14-25(36)15-12-23)13-16-29-30-24(21-40-26-9-6-5-7-10-26)19-27-31(28(30)20-34(39)41-29)33(38)35(17-4-2)32(27)37/h5-7,9-12,14-15,18,27-29,31,36,39H,3-4,8,13,16-17,19-21H2,1-2H3/b22-18+/t27-,28+,29-,31-/m1/s1. The van der Waals surface area contributed by atoms with Crippen molar-refractivity contribution in [1.82, 2.24) is 4.90 Å². The van der Waals surface area contributed by atoms with E-state index in [0.29, 0.717) is 38.7 Å². The van der Waals surface area contributed by atoms with Crippen molar-refractivity contribution in [3.05, 3.63) is 76.9 Å². The Morgan fingerprint density at radius 3 is 2.49 bits per heavy atom. The van der Waals surface area contributed by atoms with Crippen LogP contribution in [0.2, 0.25) is 6.32 Å². The molecule has 2 aromatic rings. The molecule has 8 heteroatoms. The molecular formula is C33H40BNO6. The quantitative estimate of drug-likeness (QED) is 0.211. The molecule has 0 saturated carbocycles. The van der Waals surface area contributed by atoms with Gasteiger partial charge in [-0.15, -0.1) is 0 Å². The van der Waals surface area contributed by atoms with Crippen molar-refractivity contribution in [2.75, 3.05) is 13.2 Å². The molecule has 0 spiro atoms. The molecule has 2 heterocycles. The molecule has 2 fully saturated rings. The maximum Gasteiger partial charge on any atom is 0.455 e. The SMILES string of the molecule is CCC/C(=C\c1ccc(O)cc1)CC[C@H]1OB(O)C[C@H]2C1=C(COc1ccccc1)C[C@H]1C(=O)N(CCC)C(=O)[C@H]12. The third-order valence-electron chi connectivity index (χ3n) is 8.57. The molecular weight excluding hydrogens is 517 g/mol. The number of aromatic hydroxyl groups is 1. The molecule has 216 valence electrons. The molecule has 0 unspecified atom stereocenters. The van der Waals surface area contributed by atoms with Crippen LogP contribution >= 0.6 is 0 Å². The molecule has 0 radical (unpaired) electrons. The minimum Gasteiger partial charge on any atom is -0.508 e. The predicted octanol–water partition coefficient (Wildman–Crippen LogP) is 5.64. The summed E-state index contributed by atoms with van der Waals surface area (Å²) in [6.07, 6.45) is 6.60. The van der Waals surface area contributed by atoms with E-state index in [-0.39, 0.29) is 29.6 Å². The molecule has 2 aliphatic heterocycles. The summed E-state index contributed by atoms with van der Waals surface area (Å²) in [7, 11) is -0.998. The van der Waals surface area contributed by atoms with Crippen molar-refractivity contribution in [2.24, 2.45) is 17.8 Å². The van der Waals surface area contributed by atoms with Crippen molar-refractivity contribution in [3.8, 4) is 11.5 Å². The van der Waals surface area contributed by atoms with Gasteiger partial charge in [-0.3, -0.25) is 14.5 Å². The highest BCUT2D eigenvalue weighted by atomic mass is 16.5. The van der Waals surface area contributed by atoms with E-state index in [4.69, 9.17) is 9.39 Å². The molecule has 1 aliphatic carbocycles. The average Bonchev–Trinajstić information content (AvgIpc) is 3.21. The first-order chi connectivity index (χ1) is 19.9. The largest absolute Gasteiger partial charge is 0.508 e. The Morgan fingerprint density at radius 1 is 1.02 bits per heavy atom. The molecule has 7 nitrogen and oxygen atoms in total. The van der Waals surface area contributed by atoms with Gasteiger partial charge in [0, 0.05) is 6.54 Å². The summed E-state index contributed by atoms with van der Waals surface area (Å²) >= 11 is 0. The van der Waals surface area contributed by atoms with Crippen LogP contribution in [0.1, 0.15) is 57.9 Å².